The van der Waals surface area contributed by atoms with Crippen LogP contribution in [-0.2, 0) is 26.2 Å². The number of rotatable bonds is 6. The summed E-state index contributed by atoms with van der Waals surface area (Å²) in [5.41, 5.74) is 1.42. The highest BCUT2D eigenvalue weighted by molar-refractivity contribution is 7.89. The molecule has 1 aromatic heterocycles. The molecule has 0 unspecified atom stereocenters. The quantitative estimate of drug-likeness (QED) is 0.308. The molecular formula is C25H22ClN3O5S. The van der Waals surface area contributed by atoms with E-state index in [1.807, 2.05) is 0 Å². The number of ketones is 1. The average molecular weight is 512 g/mol. The molecule has 1 fully saturated rings. The van der Waals surface area contributed by atoms with Crippen LogP contribution in [0.25, 0.3) is 5.76 Å². The number of hydrogen-bond donors (Lipinski definition) is 1. The summed E-state index contributed by atoms with van der Waals surface area (Å²) in [6.45, 7) is 0.0997. The number of hydrogen-bond acceptors (Lipinski definition) is 6. The number of Topliss-reactive ketones (excluding diaryl/α,β-unsaturated/α-hetero) is 1. The smallest absolute Gasteiger partial charge is 0.295 e. The van der Waals surface area contributed by atoms with Crippen molar-refractivity contribution in [2.45, 2.75) is 17.5 Å². The first kappa shape index (κ1) is 24.6. The van der Waals surface area contributed by atoms with Crippen LogP contribution in [0, 0.1) is 0 Å². The van der Waals surface area contributed by atoms with E-state index in [1.54, 1.807) is 48.8 Å². The Morgan fingerprint density at radius 3 is 2.29 bits per heavy atom. The van der Waals surface area contributed by atoms with Crippen molar-refractivity contribution >= 4 is 39.1 Å². The van der Waals surface area contributed by atoms with Crippen LogP contribution in [0.4, 0.5) is 0 Å². The van der Waals surface area contributed by atoms with Gasteiger partial charge >= 0.3 is 0 Å². The minimum atomic E-state index is -3.67. The molecule has 1 amide bonds. The number of halogens is 1. The third kappa shape index (κ3) is 4.70. The molecule has 1 aliphatic heterocycles. The summed E-state index contributed by atoms with van der Waals surface area (Å²) < 4.78 is 25.8. The van der Waals surface area contributed by atoms with Gasteiger partial charge < -0.3 is 10.0 Å². The first-order chi connectivity index (χ1) is 16.6. The topological polar surface area (TPSA) is 108 Å². The normalized spacial score (nSPS) is 17.8. The van der Waals surface area contributed by atoms with Gasteiger partial charge in [-0.25, -0.2) is 12.7 Å². The molecule has 2 heterocycles. The molecule has 0 radical (unpaired) electrons. The lowest BCUT2D eigenvalue weighted by Crippen LogP contribution is -2.29. The summed E-state index contributed by atoms with van der Waals surface area (Å²) in [6, 6.07) is 14.8. The Morgan fingerprint density at radius 2 is 1.71 bits per heavy atom. The number of amides is 1. The van der Waals surface area contributed by atoms with Gasteiger partial charge in [0.05, 0.1) is 16.5 Å². The van der Waals surface area contributed by atoms with E-state index in [-0.39, 0.29) is 22.6 Å². The van der Waals surface area contributed by atoms with Gasteiger partial charge in [0.25, 0.3) is 11.7 Å². The van der Waals surface area contributed by atoms with Gasteiger partial charge in [0.15, 0.2) is 0 Å². The van der Waals surface area contributed by atoms with Gasteiger partial charge in [-0.1, -0.05) is 29.8 Å². The summed E-state index contributed by atoms with van der Waals surface area (Å²) >= 11 is 6.04. The van der Waals surface area contributed by atoms with Crippen molar-refractivity contribution in [1.29, 1.82) is 0 Å². The SMILES string of the molecule is CN(C)S(=O)(=O)c1ccc(C(O)=C2C(=O)C(=O)N(Cc3cccnc3)[C@@H]2c2ccc(Cl)cc2)cc1. The van der Waals surface area contributed by atoms with Crippen LogP contribution >= 0.6 is 11.6 Å². The summed E-state index contributed by atoms with van der Waals surface area (Å²) in [7, 11) is -0.840. The number of carbonyl (C=O) groups excluding carboxylic acids is 2. The standard InChI is InChI=1S/C25H22ClN3O5S/c1-28(2)35(33,34)20-11-7-18(8-12-20)23(30)21-22(17-5-9-19(26)10-6-17)29(25(32)24(21)31)15-16-4-3-13-27-14-16/h3-14,22,30H,15H2,1-2H3/t22-/m1/s1. The molecule has 1 aliphatic rings. The summed E-state index contributed by atoms with van der Waals surface area (Å²) in [5.74, 6) is -2.00. The monoisotopic (exact) mass is 511 g/mol. The van der Waals surface area contributed by atoms with Gasteiger partial charge in [-0.2, -0.15) is 0 Å². The van der Waals surface area contributed by atoms with E-state index in [4.69, 9.17) is 11.6 Å². The van der Waals surface area contributed by atoms with Crippen LogP contribution < -0.4 is 0 Å². The van der Waals surface area contributed by atoms with Crippen molar-refractivity contribution in [3.8, 4) is 0 Å². The number of aliphatic hydroxyl groups excluding tert-OH is 1. The lowest BCUT2D eigenvalue weighted by atomic mass is 9.95. The minimum Gasteiger partial charge on any atom is -0.507 e. The maximum absolute atomic E-state index is 13.1. The molecule has 1 N–H and O–H groups in total. The molecule has 1 atom stereocenters. The Labute approximate surface area is 208 Å². The molecule has 1 saturated heterocycles. The van der Waals surface area contributed by atoms with E-state index in [0.29, 0.717) is 16.1 Å². The van der Waals surface area contributed by atoms with Gasteiger partial charge in [-0.05, 0) is 53.6 Å². The highest BCUT2D eigenvalue weighted by Crippen LogP contribution is 2.40. The minimum absolute atomic E-state index is 0.0327. The Kier molecular flexibility index (Phi) is 6.75. The second kappa shape index (κ2) is 9.61. The maximum Gasteiger partial charge on any atom is 0.295 e. The fourth-order valence-corrected chi connectivity index (χ4v) is 4.90. The van der Waals surface area contributed by atoms with Gasteiger partial charge in [-0.15, -0.1) is 0 Å². The second-order valence-corrected chi connectivity index (χ2v) is 10.7. The first-order valence-corrected chi connectivity index (χ1v) is 12.4. The van der Waals surface area contributed by atoms with E-state index in [2.05, 4.69) is 4.98 Å². The summed E-state index contributed by atoms with van der Waals surface area (Å²) in [4.78, 5) is 31.7. The molecule has 2 aromatic carbocycles. The molecule has 0 aliphatic carbocycles. The first-order valence-electron chi connectivity index (χ1n) is 10.6. The molecule has 35 heavy (non-hydrogen) atoms. The number of benzene rings is 2. The van der Waals surface area contributed by atoms with Crippen LogP contribution in [-0.4, -0.2) is 53.5 Å². The molecule has 4 rings (SSSR count). The predicted molar refractivity (Wildman–Crippen MR) is 131 cm³/mol. The van der Waals surface area contributed by atoms with Crippen LogP contribution in [0.1, 0.15) is 22.7 Å². The van der Waals surface area contributed by atoms with E-state index in [9.17, 15) is 23.1 Å². The fraction of sp³-hybridized carbons (Fsp3) is 0.160. The van der Waals surface area contributed by atoms with E-state index < -0.39 is 33.5 Å². The maximum atomic E-state index is 13.1. The third-order valence-electron chi connectivity index (χ3n) is 5.71. The van der Waals surface area contributed by atoms with Crippen molar-refractivity contribution in [2.24, 2.45) is 0 Å². The molecule has 180 valence electrons. The van der Waals surface area contributed by atoms with Crippen molar-refractivity contribution in [3.63, 3.8) is 0 Å². The Hall–Kier alpha value is -3.53. The summed E-state index contributed by atoms with van der Waals surface area (Å²) in [6.07, 6.45) is 3.20. The zero-order valence-corrected chi connectivity index (χ0v) is 20.5. The Morgan fingerprint density at radius 1 is 1.06 bits per heavy atom. The van der Waals surface area contributed by atoms with Crippen molar-refractivity contribution < 1.29 is 23.1 Å². The molecule has 0 bridgehead atoms. The Bertz CT molecular complexity index is 1400. The predicted octanol–water partition coefficient (Wildman–Crippen LogP) is 3.61. The molecule has 0 saturated carbocycles. The second-order valence-electron chi connectivity index (χ2n) is 8.15. The van der Waals surface area contributed by atoms with Gasteiger partial charge in [-0.3, -0.25) is 14.6 Å². The number of nitrogens with zero attached hydrogens (tertiary/aromatic N) is 3. The van der Waals surface area contributed by atoms with Crippen molar-refractivity contribution in [2.75, 3.05) is 14.1 Å². The summed E-state index contributed by atoms with van der Waals surface area (Å²) in [5, 5.41) is 11.6. The highest BCUT2D eigenvalue weighted by atomic mass is 35.5. The number of sulfonamides is 1. The van der Waals surface area contributed by atoms with Crippen LogP contribution in [0.5, 0.6) is 0 Å². The highest BCUT2D eigenvalue weighted by Gasteiger charge is 2.46. The van der Waals surface area contributed by atoms with E-state index >= 15 is 0 Å². The van der Waals surface area contributed by atoms with Gasteiger partial charge in [0.2, 0.25) is 10.0 Å². The molecule has 0 spiro atoms. The zero-order valence-electron chi connectivity index (χ0n) is 18.9. The third-order valence-corrected chi connectivity index (χ3v) is 7.79. The largest absolute Gasteiger partial charge is 0.507 e. The number of pyridine rings is 1. The van der Waals surface area contributed by atoms with Crippen LogP contribution in [0.15, 0.2) is 83.5 Å². The lowest BCUT2D eigenvalue weighted by molar-refractivity contribution is -0.140. The molecule has 3 aromatic rings. The lowest BCUT2D eigenvalue weighted by Gasteiger charge is -2.25. The number of likely N-dealkylation sites (tertiary alicyclic amines) is 1. The van der Waals surface area contributed by atoms with E-state index in [0.717, 1.165) is 4.31 Å². The zero-order chi connectivity index (χ0) is 25.3. The van der Waals surface area contributed by atoms with Gasteiger partial charge in [0, 0.05) is 43.6 Å². The van der Waals surface area contributed by atoms with E-state index in [1.165, 1.54) is 43.3 Å². The van der Waals surface area contributed by atoms with Crippen LogP contribution in [0.3, 0.4) is 0 Å². The Balaban J connectivity index is 1.82. The molecule has 10 heteroatoms. The number of carbonyl (C=O) groups is 2. The van der Waals surface area contributed by atoms with Crippen molar-refractivity contribution in [1.82, 2.24) is 14.2 Å². The molecular weight excluding hydrogens is 490 g/mol. The van der Waals surface area contributed by atoms with Crippen LogP contribution in [0.2, 0.25) is 5.02 Å². The molecule has 8 nitrogen and oxygen atoms in total. The van der Waals surface area contributed by atoms with Crippen molar-refractivity contribution in [3.05, 3.63) is 100 Å². The van der Waals surface area contributed by atoms with Gasteiger partial charge in [0.1, 0.15) is 5.76 Å². The number of aliphatic hydroxyl groups is 1. The average Bonchev–Trinajstić information content (AvgIpc) is 3.09. The fourth-order valence-electron chi connectivity index (χ4n) is 3.87. The number of aromatic nitrogens is 1.